The van der Waals surface area contributed by atoms with Crippen LogP contribution < -0.4 is 20.7 Å². The molecule has 0 radical (unpaired) electrons. The highest BCUT2D eigenvalue weighted by Crippen LogP contribution is 2.33. The molecule has 12 nitrogen and oxygen atoms in total. The number of imide groups is 1. The van der Waals surface area contributed by atoms with Gasteiger partial charge in [0.05, 0.1) is 18.0 Å². The third-order valence-electron chi connectivity index (χ3n) is 5.10. The van der Waals surface area contributed by atoms with Crippen molar-refractivity contribution in [1.82, 2.24) is 35.4 Å². The lowest BCUT2D eigenvalue weighted by Crippen LogP contribution is -2.22. The lowest BCUT2D eigenvalue weighted by molar-refractivity contribution is -0.115. The average molecular weight is 444 g/mol. The lowest BCUT2D eigenvalue weighted by atomic mass is 10.1. The van der Waals surface area contributed by atoms with Crippen LogP contribution in [0, 0.1) is 0 Å². The van der Waals surface area contributed by atoms with Crippen LogP contribution in [0.4, 0.5) is 10.7 Å². The first-order chi connectivity index (χ1) is 16.1. The minimum atomic E-state index is -0.582. The second-order valence-electron chi connectivity index (χ2n) is 7.52. The molecule has 3 aromatic heterocycles. The molecule has 1 saturated carbocycles. The summed E-state index contributed by atoms with van der Waals surface area (Å²) in [6, 6.07) is 8.83. The predicted molar refractivity (Wildman–Crippen MR) is 114 cm³/mol. The number of aromatic nitrogens is 5. The molecule has 1 saturated heterocycles. The van der Waals surface area contributed by atoms with E-state index in [1.807, 2.05) is 18.2 Å². The number of nitrogens with one attached hydrogen (secondary N) is 3. The van der Waals surface area contributed by atoms with Crippen LogP contribution in [0.2, 0.25) is 0 Å². The van der Waals surface area contributed by atoms with Crippen LogP contribution >= 0.6 is 0 Å². The number of anilines is 1. The van der Waals surface area contributed by atoms with Crippen LogP contribution in [-0.2, 0) is 4.79 Å². The van der Waals surface area contributed by atoms with Gasteiger partial charge in [-0.2, -0.15) is 19.6 Å². The zero-order valence-corrected chi connectivity index (χ0v) is 17.0. The van der Waals surface area contributed by atoms with Crippen molar-refractivity contribution in [1.29, 1.82) is 0 Å². The molecule has 12 heteroatoms. The van der Waals surface area contributed by atoms with Crippen molar-refractivity contribution in [3.63, 3.8) is 0 Å². The van der Waals surface area contributed by atoms with E-state index >= 15 is 0 Å². The van der Waals surface area contributed by atoms with Crippen LogP contribution in [0.3, 0.4) is 0 Å². The summed E-state index contributed by atoms with van der Waals surface area (Å²) in [5, 5.41) is 16.1. The largest absolute Gasteiger partial charge is 0.423 e. The number of carbonyl (C=O) groups is 2. The first-order valence-electron chi connectivity index (χ1n) is 10.2. The average Bonchev–Trinajstić information content (AvgIpc) is 3.17. The van der Waals surface area contributed by atoms with Gasteiger partial charge < -0.3 is 19.9 Å². The minimum absolute atomic E-state index is 0.0812. The first kappa shape index (κ1) is 19.0. The summed E-state index contributed by atoms with van der Waals surface area (Å²) in [6.07, 6.45) is 6.65. The highest BCUT2D eigenvalue weighted by atomic mass is 16.5. The van der Waals surface area contributed by atoms with Gasteiger partial charge in [-0.1, -0.05) is 17.3 Å². The third kappa shape index (κ3) is 3.63. The summed E-state index contributed by atoms with van der Waals surface area (Å²) < 4.78 is 12.9. The molecule has 1 aromatic carbocycles. The Bertz CT molecular complexity index is 1420. The first-order valence-corrected chi connectivity index (χ1v) is 10.2. The monoisotopic (exact) mass is 444 g/mol. The molecule has 4 heterocycles. The number of para-hydroxylation sites is 1. The number of ether oxygens (including phenoxy) is 1. The van der Waals surface area contributed by atoms with Crippen molar-refractivity contribution in [2.75, 3.05) is 5.32 Å². The van der Waals surface area contributed by atoms with Gasteiger partial charge in [0.25, 0.3) is 5.91 Å². The molecule has 0 spiro atoms. The molecular weight excluding hydrogens is 428 g/mol. The van der Waals surface area contributed by atoms with E-state index < -0.39 is 11.9 Å². The van der Waals surface area contributed by atoms with E-state index in [1.165, 1.54) is 10.6 Å². The quantitative estimate of drug-likeness (QED) is 0.301. The van der Waals surface area contributed by atoms with Gasteiger partial charge in [-0.25, -0.2) is 4.79 Å². The third-order valence-corrected chi connectivity index (χ3v) is 5.10. The van der Waals surface area contributed by atoms with Crippen molar-refractivity contribution >= 4 is 29.6 Å². The number of fused-ring (bicyclic) bond motifs is 1. The number of rotatable bonds is 6. The Morgan fingerprint density at radius 3 is 2.79 bits per heavy atom. The molecule has 1 aliphatic heterocycles. The lowest BCUT2D eigenvalue weighted by Gasteiger charge is -2.11. The highest BCUT2D eigenvalue weighted by Gasteiger charge is 2.26. The van der Waals surface area contributed by atoms with Crippen LogP contribution in [0.25, 0.3) is 23.0 Å². The molecule has 0 unspecified atom stereocenters. The number of nitrogens with zero attached hydrogens (tertiary/aromatic N) is 5. The van der Waals surface area contributed by atoms with Gasteiger partial charge in [-0.05, 0) is 31.1 Å². The van der Waals surface area contributed by atoms with Crippen molar-refractivity contribution < 1.29 is 18.8 Å². The van der Waals surface area contributed by atoms with E-state index in [9.17, 15) is 9.59 Å². The fourth-order valence-corrected chi connectivity index (χ4v) is 3.38. The number of hydrogen-bond acceptors (Lipinski definition) is 9. The van der Waals surface area contributed by atoms with E-state index in [2.05, 4.69) is 36.2 Å². The normalized spacial score (nSPS) is 16.8. The van der Waals surface area contributed by atoms with Crippen LogP contribution in [0.1, 0.15) is 18.4 Å². The Balaban J connectivity index is 1.43. The summed E-state index contributed by atoms with van der Waals surface area (Å²) in [7, 11) is 0. The molecule has 4 aromatic rings. The van der Waals surface area contributed by atoms with Crippen molar-refractivity contribution in [3.8, 4) is 23.1 Å². The van der Waals surface area contributed by atoms with E-state index in [4.69, 9.17) is 9.26 Å². The molecule has 3 N–H and O–H groups in total. The summed E-state index contributed by atoms with van der Waals surface area (Å²) in [6.45, 7) is 0. The highest BCUT2D eigenvalue weighted by molar-refractivity contribution is 6.14. The summed E-state index contributed by atoms with van der Waals surface area (Å²) in [5.74, 6) is 0.958. The molecule has 1 aliphatic carbocycles. The zero-order valence-electron chi connectivity index (χ0n) is 17.0. The maximum atomic E-state index is 12.0. The molecule has 2 fully saturated rings. The fraction of sp³-hybridized carbons (Fsp3) is 0.143. The number of urea groups is 1. The summed E-state index contributed by atoms with van der Waals surface area (Å²) in [4.78, 5) is 32.4. The van der Waals surface area contributed by atoms with Gasteiger partial charge in [0.15, 0.2) is 11.4 Å². The molecule has 0 bridgehead atoms. The predicted octanol–water partition coefficient (Wildman–Crippen LogP) is 2.33. The van der Waals surface area contributed by atoms with Crippen LogP contribution in [0.5, 0.6) is 11.8 Å². The molecule has 164 valence electrons. The number of hydrogen-bond donors (Lipinski definition) is 3. The van der Waals surface area contributed by atoms with Crippen molar-refractivity contribution in [2.45, 2.75) is 18.9 Å². The topological polar surface area (TPSA) is 149 Å². The summed E-state index contributed by atoms with van der Waals surface area (Å²) >= 11 is 0. The van der Waals surface area contributed by atoms with Gasteiger partial charge in [0.1, 0.15) is 11.4 Å². The van der Waals surface area contributed by atoms with E-state index in [0.29, 0.717) is 40.3 Å². The smallest absolute Gasteiger partial charge is 0.327 e. The fourth-order valence-electron chi connectivity index (χ4n) is 3.38. The second kappa shape index (κ2) is 7.44. The van der Waals surface area contributed by atoms with Crippen LogP contribution in [-0.4, -0.2) is 42.7 Å². The molecule has 0 atom stereocenters. The maximum absolute atomic E-state index is 12.0. The number of benzene rings is 1. The molecule has 33 heavy (non-hydrogen) atoms. The zero-order chi connectivity index (χ0) is 22.4. The SMILES string of the molecule is O=C1NC(=O)/C(=C/c2cnn3c(NC4CC4)nc(Oc4ccccc4-c4ccno4)nc23)N1. The Labute approximate surface area is 185 Å². The van der Waals surface area contributed by atoms with E-state index in [1.54, 1.807) is 24.5 Å². The number of amides is 3. The molecule has 6 rings (SSSR count). The Morgan fingerprint density at radius 1 is 1.15 bits per heavy atom. The Morgan fingerprint density at radius 2 is 2.03 bits per heavy atom. The minimum Gasteiger partial charge on any atom is -0.423 e. The molecule has 2 aliphatic rings. The second-order valence-corrected chi connectivity index (χ2v) is 7.52. The van der Waals surface area contributed by atoms with Crippen molar-refractivity contribution in [3.05, 3.63) is 54.0 Å². The van der Waals surface area contributed by atoms with E-state index in [-0.39, 0.29) is 11.7 Å². The van der Waals surface area contributed by atoms with Gasteiger partial charge in [-0.3, -0.25) is 10.1 Å². The Hall–Kier alpha value is -4.74. The van der Waals surface area contributed by atoms with E-state index in [0.717, 1.165) is 12.8 Å². The summed E-state index contributed by atoms with van der Waals surface area (Å²) in [5.41, 5.74) is 1.71. The Kier molecular flexibility index (Phi) is 4.28. The van der Waals surface area contributed by atoms with Gasteiger partial charge in [-0.15, -0.1) is 0 Å². The van der Waals surface area contributed by atoms with Gasteiger partial charge in [0.2, 0.25) is 5.95 Å². The van der Waals surface area contributed by atoms with Crippen molar-refractivity contribution in [2.24, 2.45) is 0 Å². The van der Waals surface area contributed by atoms with Crippen LogP contribution in [0.15, 0.2) is 52.9 Å². The van der Waals surface area contributed by atoms with Gasteiger partial charge >= 0.3 is 12.0 Å². The number of carbonyl (C=O) groups excluding carboxylic acids is 2. The standard InChI is InChI=1S/C21H16N8O4/c30-18-14(25-20(31)27-18)9-11-10-22-29-17(11)26-21(28-19(29)24-12-5-6-12)32-15-4-2-1-3-13(15)16-7-8-23-33-16/h1-4,7-10,12H,5-6H2,(H,24,26,28)(H2,25,27,30,31)/b14-9-. The molecular formula is C21H16N8O4. The maximum Gasteiger partial charge on any atom is 0.327 e. The molecule has 3 amide bonds. The van der Waals surface area contributed by atoms with Gasteiger partial charge in [0, 0.05) is 17.7 Å².